The van der Waals surface area contributed by atoms with Crippen LogP contribution in [0.2, 0.25) is 5.02 Å². The first-order valence-corrected chi connectivity index (χ1v) is 10.6. The van der Waals surface area contributed by atoms with E-state index in [9.17, 15) is 18.0 Å². The number of carbonyl (C=O) groups is 1. The van der Waals surface area contributed by atoms with Gasteiger partial charge >= 0.3 is 6.18 Å². The molecule has 2 aromatic carbocycles. The number of aromatic nitrogens is 3. The lowest BCUT2D eigenvalue weighted by Gasteiger charge is -2.10. The molecule has 0 bridgehead atoms. The molecule has 4 aromatic rings. The van der Waals surface area contributed by atoms with Gasteiger partial charge in [0.25, 0.3) is 5.91 Å². The Hall–Kier alpha value is -3.17. The molecule has 0 radical (unpaired) electrons. The highest BCUT2D eigenvalue weighted by atomic mass is 35.5. The Balaban J connectivity index is 1.68. The molecule has 0 aliphatic rings. The normalized spacial score (nSPS) is 11.6. The van der Waals surface area contributed by atoms with Crippen LogP contribution in [0.15, 0.2) is 54.6 Å². The van der Waals surface area contributed by atoms with Crippen molar-refractivity contribution in [1.29, 1.82) is 0 Å². The van der Waals surface area contributed by atoms with Gasteiger partial charge in [-0.05, 0) is 44.2 Å². The van der Waals surface area contributed by atoms with Crippen LogP contribution in [0.4, 0.5) is 18.3 Å². The smallest absolute Gasteiger partial charge is 0.298 e. The number of amides is 1. The average molecular weight is 477 g/mol. The molecular formula is C22H16ClF3N4OS. The zero-order valence-electron chi connectivity index (χ0n) is 16.9. The number of rotatable bonds is 4. The highest BCUT2D eigenvalue weighted by Crippen LogP contribution is 2.34. The minimum atomic E-state index is -4.62. The van der Waals surface area contributed by atoms with Crippen LogP contribution in [-0.2, 0) is 6.18 Å². The summed E-state index contributed by atoms with van der Waals surface area (Å²) in [5.74, 6) is -0.360. The van der Waals surface area contributed by atoms with E-state index in [1.807, 2.05) is 13.8 Å². The number of anilines is 1. The van der Waals surface area contributed by atoms with Crippen molar-refractivity contribution in [2.75, 3.05) is 5.32 Å². The number of aryl methyl sites for hydroxylation is 2. The minimum Gasteiger partial charge on any atom is -0.298 e. The molecule has 32 heavy (non-hydrogen) atoms. The quantitative estimate of drug-likeness (QED) is 0.364. The van der Waals surface area contributed by atoms with E-state index >= 15 is 0 Å². The van der Waals surface area contributed by atoms with Crippen LogP contribution in [0.25, 0.3) is 16.9 Å². The topological polar surface area (TPSA) is 59.8 Å². The number of halogens is 4. The number of hydrogen-bond acceptors (Lipinski definition) is 4. The van der Waals surface area contributed by atoms with E-state index in [2.05, 4.69) is 15.4 Å². The van der Waals surface area contributed by atoms with Crippen LogP contribution in [0.5, 0.6) is 0 Å². The molecule has 164 valence electrons. The number of nitrogens with one attached hydrogen (secondary N) is 1. The molecule has 5 nitrogen and oxygen atoms in total. The van der Waals surface area contributed by atoms with Gasteiger partial charge in [-0.15, -0.1) is 11.3 Å². The van der Waals surface area contributed by atoms with E-state index in [1.54, 1.807) is 36.4 Å². The van der Waals surface area contributed by atoms with Gasteiger partial charge in [0.15, 0.2) is 10.8 Å². The number of hydrogen-bond donors (Lipinski definition) is 1. The van der Waals surface area contributed by atoms with Crippen molar-refractivity contribution in [2.24, 2.45) is 0 Å². The van der Waals surface area contributed by atoms with Gasteiger partial charge in [0.05, 0.1) is 22.1 Å². The Morgan fingerprint density at radius 2 is 1.78 bits per heavy atom. The number of nitrogens with zero attached hydrogens (tertiary/aromatic N) is 3. The standard InChI is InChI=1S/C22H16ClF3N4OS/c1-12-13(2)32-21(27-12)28-20(31)15-9-7-14(8-10-15)18-11-19(22(24,25)26)29-30(18)17-6-4-3-5-16(17)23/h3-11H,1-2H3,(H,27,28,31). The third kappa shape index (κ3) is 4.39. The van der Waals surface area contributed by atoms with Crippen LogP contribution in [0, 0.1) is 13.8 Å². The van der Waals surface area contributed by atoms with Gasteiger partial charge in [0.1, 0.15) is 0 Å². The van der Waals surface area contributed by atoms with Crippen molar-refractivity contribution in [2.45, 2.75) is 20.0 Å². The maximum absolute atomic E-state index is 13.4. The molecule has 0 aliphatic carbocycles. The predicted octanol–water partition coefficient (Wildman–Crippen LogP) is 6.54. The summed E-state index contributed by atoms with van der Waals surface area (Å²) in [4.78, 5) is 17.8. The first-order valence-electron chi connectivity index (χ1n) is 9.41. The molecule has 0 aliphatic heterocycles. The van der Waals surface area contributed by atoms with E-state index in [0.29, 0.717) is 21.9 Å². The van der Waals surface area contributed by atoms with E-state index in [4.69, 9.17) is 11.6 Å². The highest BCUT2D eigenvalue weighted by molar-refractivity contribution is 7.15. The zero-order valence-corrected chi connectivity index (χ0v) is 18.4. The van der Waals surface area contributed by atoms with Crippen molar-refractivity contribution < 1.29 is 18.0 Å². The summed E-state index contributed by atoms with van der Waals surface area (Å²) in [6, 6.07) is 13.7. The second-order valence-electron chi connectivity index (χ2n) is 6.97. The van der Waals surface area contributed by atoms with E-state index in [1.165, 1.54) is 23.5 Å². The number of para-hydroxylation sites is 1. The van der Waals surface area contributed by atoms with Crippen molar-refractivity contribution in [3.05, 3.63) is 81.4 Å². The third-order valence-electron chi connectivity index (χ3n) is 4.77. The second kappa shape index (κ2) is 8.40. The molecule has 0 atom stereocenters. The van der Waals surface area contributed by atoms with Gasteiger partial charge in [0.2, 0.25) is 0 Å². The summed E-state index contributed by atoms with van der Waals surface area (Å²) < 4.78 is 41.2. The fourth-order valence-electron chi connectivity index (χ4n) is 3.02. The molecule has 0 fully saturated rings. The molecule has 1 N–H and O–H groups in total. The number of benzene rings is 2. The lowest BCUT2D eigenvalue weighted by atomic mass is 10.1. The largest absolute Gasteiger partial charge is 0.435 e. The fraction of sp³-hybridized carbons (Fsp3) is 0.136. The molecule has 0 saturated heterocycles. The highest BCUT2D eigenvalue weighted by Gasteiger charge is 2.35. The molecule has 4 rings (SSSR count). The van der Waals surface area contributed by atoms with Gasteiger partial charge < -0.3 is 0 Å². The van der Waals surface area contributed by atoms with Gasteiger partial charge in [-0.3, -0.25) is 10.1 Å². The SMILES string of the molecule is Cc1nc(NC(=O)c2ccc(-c3cc(C(F)(F)F)nn3-c3ccccc3Cl)cc2)sc1C. The first kappa shape index (κ1) is 22.0. The Labute approximate surface area is 190 Å². The molecule has 2 heterocycles. The summed E-state index contributed by atoms with van der Waals surface area (Å²) in [6.45, 7) is 3.77. The second-order valence-corrected chi connectivity index (χ2v) is 8.58. The molecule has 0 saturated carbocycles. The van der Waals surface area contributed by atoms with E-state index < -0.39 is 11.9 Å². The molecule has 10 heteroatoms. The Morgan fingerprint density at radius 1 is 1.09 bits per heavy atom. The third-order valence-corrected chi connectivity index (χ3v) is 6.08. The van der Waals surface area contributed by atoms with E-state index in [0.717, 1.165) is 21.3 Å². The van der Waals surface area contributed by atoms with Gasteiger partial charge in [-0.25, -0.2) is 9.67 Å². The maximum atomic E-state index is 13.4. The fourth-order valence-corrected chi connectivity index (χ4v) is 4.05. The molecule has 0 unspecified atom stereocenters. The lowest BCUT2D eigenvalue weighted by molar-refractivity contribution is -0.141. The monoisotopic (exact) mass is 476 g/mol. The summed E-state index contributed by atoms with van der Waals surface area (Å²) in [6.07, 6.45) is -4.62. The minimum absolute atomic E-state index is 0.198. The van der Waals surface area contributed by atoms with Crippen molar-refractivity contribution in [1.82, 2.24) is 14.8 Å². The van der Waals surface area contributed by atoms with E-state index in [-0.39, 0.29) is 16.6 Å². The average Bonchev–Trinajstić information content (AvgIpc) is 3.32. The maximum Gasteiger partial charge on any atom is 0.435 e. The number of carbonyl (C=O) groups excluding carboxylic acids is 1. The number of alkyl halides is 3. The van der Waals surface area contributed by atoms with Crippen LogP contribution in [-0.4, -0.2) is 20.7 Å². The molecular weight excluding hydrogens is 461 g/mol. The van der Waals surface area contributed by atoms with Gasteiger partial charge in [-0.1, -0.05) is 35.9 Å². The van der Waals surface area contributed by atoms with Crippen LogP contribution in [0.3, 0.4) is 0 Å². The van der Waals surface area contributed by atoms with Crippen LogP contribution in [0.1, 0.15) is 26.6 Å². The Kier molecular flexibility index (Phi) is 5.79. The Bertz CT molecular complexity index is 1280. The molecule has 2 aromatic heterocycles. The summed E-state index contributed by atoms with van der Waals surface area (Å²) in [7, 11) is 0. The Morgan fingerprint density at radius 3 is 2.38 bits per heavy atom. The number of thiazole rings is 1. The van der Waals surface area contributed by atoms with Crippen molar-refractivity contribution in [3.63, 3.8) is 0 Å². The van der Waals surface area contributed by atoms with Crippen LogP contribution < -0.4 is 5.32 Å². The summed E-state index contributed by atoms with van der Waals surface area (Å²) >= 11 is 7.57. The van der Waals surface area contributed by atoms with Crippen molar-refractivity contribution >= 4 is 34.0 Å². The van der Waals surface area contributed by atoms with Gasteiger partial charge in [0, 0.05) is 16.0 Å². The van der Waals surface area contributed by atoms with Crippen molar-refractivity contribution in [3.8, 4) is 16.9 Å². The predicted molar refractivity (Wildman–Crippen MR) is 119 cm³/mol. The first-order chi connectivity index (χ1) is 15.1. The van der Waals surface area contributed by atoms with Crippen LogP contribution >= 0.6 is 22.9 Å². The molecule has 0 spiro atoms. The zero-order chi connectivity index (χ0) is 23.0. The van der Waals surface area contributed by atoms with Gasteiger partial charge in [-0.2, -0.15) is 18.3 Å². The molecule has 1 amide bonds. The lowest BCUT2D eigenvalue weighted by Crippen LogP contribution is -2.11. The summed E-state index contributed by atoms with van der Waals surface area (Å²) in [5.41, 5.74) is 1.11. The summed E-state index contributed by atoms with van der Waals surface area (Å²) in [5, 5.41) is 7.21.